The zero-order chi connectivity index (χ0) is 13.9. The van der Waals surface area contributed by atoms with Gasteiger partial charge < -0.3 is 24.9 Å². The van der Waals surface area contributed by atoms with E-state index in [9.17, 15) is 17.5 Å². The van der Waals surface area contributed by atoms with Crippen LogP contribution in [-0.4, -0.2) is 56.8 Å². The maximum Gasteiger partial charge on any atom is 0.342 e. The molecule has 0 rings (SSSR count). The fraction of sp³-hybridized carbons (Fsp3) is 1.00. The van der Waals surface area contributed by atoms with Crippen molar-refractivity contribution in [2.75, 3.05) is 18.8 Å². The minimum Gasteiger partial charge on any atom is -0.324 e. The van der Waals surface area contributed by atoms with E-state index in [1.807, 2.05) is 0 Å². The van der Waals surface area contributed by atoms with Crippen molar-refractivity contribution in [3.63, 3.8) is 0 Å². The van der Waals surface area contributed by atoms with Gasteiger partial charge in [0.1, 0.15) is 0 Å². The van der Waals surface area contributed by atoms with Crippen molar-refractivity contribution >= 4 is 25.3 Å². The Balaban J connectivity index is 4.42. The Morgan fingerprint density at radius 2 is 1.47 bits per heavy atom. The van der Waals surface area contributed by atoms with Crippen LogP contribution in [-0.2, 0) is 19.2 Å². The molecule has 0 unspecified atom stereocenters. The Hall–Kier alpha value is 0.170. The second kappa shape index (κ2) is 5.87. The van der Waals surface area contributed by atoms with Crippen LogP contribution in [0, 0.1) is 0 Å². The molecular formula is C4H13NO9P2S. The molecule has 0 saturated heterocycles. The number of hydrogen-bond donors (Lipinski definition) is 6. The molecule has 0 radical (unpaired) electrons. The summed E-state index contributed by atoms with van der Waals surface area (Å²) in [6, 6.07) is 0. The highest BCUT2D eigenvalue weighted by Crippen LogP contribution is 2.59. The lowest BCUT2D eigenvalue weighted by molar-refractivity contribution is 0.336. The summed E-state index contributed by atoms with van der Waals surface area (Å²) in [6.45, 7) is -1.17. The summed E-state index contributed by atoms with van der Waals surface area (Å²) in [5.74, 6) is -0.734. The first kappa shape index (κ1) is 17.2. The monoisotopic (exact) mass is 313 g/mol. The van der Waals surface area contributed by atoms with Gasteiger partial charge in [-0.2, -0.15) is 8.42 Å². The first-order valence-corrected chi connectivity index (χ1v) is 9.07. The molecule has 0 spiro atoms. The van der Waals surface area contributed by atoms with Gasteiger partial charge in [0, 0.05) is 13.1 Å². The molecule has 0 saturated carbocycles. The Bertz CT molecular complexity index is 412. The second-order valence-electron chi connectivity index (χ2n) is 3.15. The molecule has 0 heterocycles. The van der Waals surface area contributed by atoms with Gasteiger partial charge >= 0.3 is 15.2 Å². The van der Waals surface area contributed by atoms with E-state index in [0.29, 0.717) is 0 Å². The van der Waals surface area contributed by atoms with E-state index >= 15 is 0 Å². The van der Waals surface area contributed by atoms with Crippen LogP contribution in [0.1, 0.15) is 0 Å². The summed E-state index contributed by atoms with van der Waals surface area (Å²) >= 11 is 0. The van der Waals surface area contributed by atoms with Gasteiger partial charge in [0.2, 0.25) is 0 Å². The average Bonchev–Trinajstić information content (AvgIpc) is 1.95. The van der Waals surface area contributed by atoms with Crippen LogP contribution in [0.15, 0.2) is 0 Å². The van der Waals surface area contributed by atoms with Gasteiger partial charge in [-0.25, -0.2) is 0 Å². The molecular weight excluding hydrogens is 300 g/mol. The summed E-state index contributed by atoms with van der Waals surface area (Å²) < 4.78 is 50.4. The molecule has 0 bridgehead atoms. The van der Waals surface area contributed by atoms with Gasteiger partial charge in [-0.15, -0.1) is 0 Å². The normalized spacial score (nSPS) is 14.2. The quantitative estimate of drug-likeness (QED) is 0.177. The van der Waals surface area contributed by atoms with Gasteiger partial charge in [-0.1, -0.05) is 0 Å². The smallest absolute Gasteiger partial charge is 0.324 e. The molecule has 0 aliphatic rings. The van der Waals surface area contributed by atoms with E-state index in [0.717, 1.165) is 0 Å². The van der Waals surface area contributed by atoms with Crippen LogP contribution in [0.5, 0.6) is 0 Å². The van der Waals surface area contributed by atoms with Crippen molar-refractivity contribution in [2.45, 2.75) is 5.40 Å². The summed E-state index contributed by atoms with van der Waals surface area (Å²) in [4.78, 5) is 34.7. The molecule has 0 aliphatic heterocycles. The number of nitrogens with one attached hydrogen (secondary N) is 1. The fourth-order valence-corrected chi connectivity index (χ4v) is 3.57. The molecule has 0 aromatic heterocycles. The molecule has 0 fully saturated rings. The average molecular weight is 313 g/mol. The van der Waals surface area contributed by atoms with Crippen molar-refractivity contribution in [3.8, 4) is 0 Å². The minimum atomic E-state index is -5.02. The topological polar surface area (TPSA) is 181 Å². The van der Waals surface area contributed by atoms with E-state index in [1.165, 1.54) is 0 Å². The van der Waals surface area contributed by atoms with Crippen molar-refractivity contribution in [1.29, 1.82) is 0 Å². The second-order valence-corrected chi connectivity index (χ2v) is 8.73. The standard InChI is InChI=1S/C4H13NO9P2S/c6-15(7,8)4(16(9,10)11)3-5-1-2-17(12,13)14/h4-5H,1-3H2,(H2,6,7,8)(H2,9,10,11)(H,12,13,14). The molecule has 17 heavy (non-hydrogen) atoms. The van der Waals surface area contributed by atoms with Crippen LogP contribution >= 0.6 is 15.2 Å². The lowest BCUT2D eigenvalue weighted by atomic mass is 10.6. The lowest BCUT2D eigenvalue weighted by Gasteiger charge is -2.19. The molecule has 0 atom stereocenters. The summed E-state index contributed by atoms with van der Waals surface area (Å²) in [6.07, 6.45) is 0. The van der Waals surface area contributed by atoms with Crippen molar-refractivity contribution in [1.82, 2.24) is 5.32 Å². The molecule has 104 valence electrons. The third kappa shape index (κ3) is 7.98. The molecule has 0 amide bonds. The highest BCUT2D eigenvalue weighted by atomic mass is 32.2. The maximum atomic E-state index is 10.8. The van der Waals surface area contributed by atoms with Gasteiger partial charge in [0.25, 0.3) is 10.1 Å². The van der Waals surface area contributed by atoms with Crippen LogP contribution in [0.25, 0.3) is 0 Å². The van der Waals surface area contributed by atoms with Crippen LogP contribution in [0.4, 0.5) is 0 Å². The SMILES string of the molecule is O=P(O)(O)C(CNCCS(=O)(=O)O)P(=O)(O)O. The fourth-order valence-electron chi connectivity index (χ4n) is 0.866. The third-order valence-corrected chi connectivity index (χ3v) is 6.08. The predicted octanol–water partition coefficient (Wildman–Crippen LogP) is -1.85. The molecule has 0 aromatic carbocycles. The van der Waals surface area contributed by atoms with Crippen LogP contribution in [0.2, 0.25) is 0 Å². The van der Waals surface area contributed by atoms with Gasteiger partial charge in [-0.3, -0.25) is 13.7 Å². The lowest BCUT2D eigenvalue weighted by Crippen LogP contribution is -2.30. The van der Waals surface area contributed by atoms with Crippen molar-refractivity contribution in [3.05, 3.63) is 0 Å². The minimum absolute atomic E-state index is 0.394. The zero-order valence-electron chi connectivity index (χ0n) is 8.37. The molecule has 6 N–H and O–H groups in total. The third-order valence-electron chi connectivity index (χ3n) is 1.64. The molecule has 0 aromatic rings. The van der Waals surface area contributed by atoms with E-state index in [-0.39, 0.29) is 0 Å². The van der Waals surface area contributed by atoms with E-state index in [2.05, 4.69) is 5.32 Å². The largest absolute Gasteiger partial charge is 0.342 e. The van der Waals surface area contributed by atoms with Crippen LogP contribution < -0.4 is 5.32 Å². The summed E-state index contributed by atoms with van der Waals surface area (Å²) in [5.41, 5.74) is 0. The highest BCUT2D eigenvalue weighted by Gasteiger charge is 2.42. The van der Waals surface area contributed by atoms with Gasteiger partial charge in [0.05, 0.1) is 5.75 Å². The molecule has 10 nitrogen and oxygen atoms in total. The van der Waals surface area contributed by atoms with Crippen molar-refractivity contribution < 1.29 is 41.7 Å². The molecule has 0 aliphatic carbocycles. The predicted molar refractivity (Wildman–Crippen MR) is 57.2 cm³/mol. The van der Waals surface area contributed by atoms with E-state index in [4.69, 9.17) is 24.1 Å². The Labute approximate surface area is 97.1 Å². The first-order valence-electron chi connectivity index (χ1n) is 4.10. The van der Waals surface area contributed by atoms with E-state index in [1.54, 1.807) is 0 Å². The van der Waals surface area contributed by atoms with Gasteiger partial charge in [-0.05, 0) is 0 Å². The summed E-state index contributed by atoms with van der Waals surface area (Å²) in [5, 5.41) is -0.108. The van der Waals surface area contributed by atoms with Crippen LogP contribution in [0.3, 0.4) is 0 Å². The first-order chi connectivity index (χ1) is 7.34. The Morgan fingerprint density at radius 1 is 1.06 bits per heavy atom. The van der Waals surface area contributed by atoms with Gasteiger partial charge in [0.15, 0.2) is 5.40 Å². The maximum absolute atomic E-state index is 10.8. The molecule has 13 heteroatoms. The number of rotatable bonds is 7. The highest BCUT2D eigenvalue weighted by molar-refractivity contribution is 7.85. The number of hydrogen-bond acceptors (Lipinski definition) is 5. The zero-order valence-corrected chi connectivity index (χ0v) is 11.0. The summed E-state index contributed by atoms with van der Waals surface area (Å²) in [7, 11) is -14.3. The Morgan fingerprint density at radius 3 is 1.76 bits per heavy atom. The van der Waals surface area contributed by atoms with Crippen molar-refractivity contribution in [2.24, 2.45) is 0 Å². The Kier molecular flexibility index (Phi) is 5.93. The van der Waals surface area contributed by atoms with E-state index < -0.39 is 49.6 Å².